The first-order valence-electron chi connectivity index (χ1n) is 10.0. The number of benzene rings is 2. The highest BCUT2D eigenvalue weighted by Crippen LogP contribution is 2.46. The van der Waals surface area contributed by atoms with Gasteiger partial charge in [-0.1, -0.05) is 44.2 Å². The van der Waals surface area contributed by atoms with E-state index in [2.05, 4.69) is 0 Å². The Morgan fingerprint density at radius 2 is 1.93 bits per heavy atom. The van der Waals surface area contributed by atoms with Gasteiger partial charge in [0, 0.05) is 23.0 Å². The van der Waals surface area contributed by atoms with E-state index < -0.39 is 5.41 Å². The summed E-state index contributed by atoms with van der Waals surface area (Å²) in [6.07, 6.45) is 0.997. The normalized spacial score (nSPS) is 14.7. The average molecular weight is 396 g/mol. The van der Waals surface area contributed by atoms with Crippen molar-refractivity contribution in [1.82, 2.24) is 0 Å². The number of esters is 2. The summed E-state index contributed by atoms with van der Waals surface area (Å²) in [6.45, 7) is 8.55. The molecular formula is C24H28O5. The number of hydrogen-bond donors (Lipinski definition) is 0. The first kappa shape index (κ1) is 20.9. The molecule has 1 aliphatic rings. The Labute approximate surface area is 172 Å². The van der Waals surface area contributed by atoms with E-state index >= 15 is 0 Å². The molecule has 2 aromatic rings. The van der Waals surface area contributed by atoms with E-state index in [1.807, 2.05) is 57.2 Å². The first-order valence-corrected chi connectivity index (χ1v) is 10.0. The zero-order valence-corrected chi connectivity index (χ0v) is 17.5. The molecule has 0 bridgehead atoms. The summed E-state index contributed by atoms with van der Waals surface area (Å²) in [5, 5.41) is 0. The van der Waals surface area contributed by atoms with Crippen molar-refractivity contribution >= 4 is 11.9 Å². The quantitative estimate of drug-likeness (QED) is 0.503. The van der Waals surface area contributed by atoms with Crippen molar-refractivity contribution in [2.45, 2.75) is 59.0 Å². The highest BCUT2D eigenvalue weighted by atomic mass is 16.5. The monoisotopic (exact) mass is 396 g/mol. The molecule has 29 heavy (non-hydrogen) atoms. The molecular weight excluding hydrogens is 368 g/mol. The topological polar surface area (TPSA) is 61.8 Å². The van der Waals surface area contributed by atoms with Gasteiger partial charge < -0.3 is 14.2 Å². The molecule has 0 aliphatic carbocycles. The molecule has 0 aromatic heterocycles. The molecule has 2 aromatic carbocycles. The number of fused-ring (bicyclic) bond motifs is 1. The lowest BCUT2D eigenvalue weighted by atomic mass is 9.75. The standard InChI is InChI=1S/C24H28O5/c1-5-27-20(25)12-11-18-22-19(29-21(26)14-24(22,3)4)13-16(2)23(18)28-15-17-9-7-6-8-10-17/h6-10,13H,5,11-12,14-15H2,1-4H3. The minimum absolute atomic E-state index is 0.240. The van der Waals surface area contributed by atoms with Crippen molar-refractivity contribution < 1.29 is 23.8 Å². The summed E-state index contributed by atoms with van der Waals surface area (Å²) < 4.78 is 16.9. The van der Waals surface area contributed by atoms with Crippen LogP contribution >= 0.6 is 0 Å². The van der Waals surface area contributed by atoms with Gasteiger partial charge in [0.05, 0.1) is 13.0 Å². The summed E-state index contributed by atoms with van der Waals surface area (Å²) in [5.74, 6) is 0.830. The summed E-state index contributed by atoms with van der Waals surface area (Å²) >= 11 is 0. The van der Waals surface area contributed by atoms with Crippen molar-refractivity contribution in [3.8, 4) is 11.5 Å². The van der Waals surface area contributed by atoms with E-state index in [1.165, 1.54) is 0 Å². The van der Waals surface area contributed by atoms with Gasteiger partial charge in [-0.2, -0.15) is 0 Å². The van der Waals surface area contributed by atoms with Crippen LogP contribution in [-0.2, 0) is 32.8 Å². The largest absolute Gasteiger partial charge is 0.488 e. The molecule has 5 heteroatoms. The van der Waals surface area contributed by atoms with Gasteiger partial charge in [-0.15, -0.1) is 0 Å². The molecule has 1 heterocycles. The van der Waals surface area contributed by atoms with Crippen LogP contribution in [0.3, 0.4) is 0 Å². The average Bonchev–Trinajstić information content (AvgIpc) is 2.65. The maximum atomic E-state index is 12.1. The molecule has 154 valence electrons. The Balaban J connectivity index is 2.01. The predicted molar refractivity (Wildman–Crippen MR) is 110 cm³/mol. The van der Waals surface area contributed by atoms with Crippen molar-refractivity contribution in [2.75, 3.05) is 6.61 Å². The third-order valence-electron chi connectivity index (χ3n) is 5.13. The highest BCUT2D eigenvalue weighted by molar-refractivity contribution is 5.79. The van der Waals surface area contributed by atoms with Crippen molar-refractivity contribution in [2.24, 2.45) is 0 Å². The van der Waals surface area contributed by atoms with Crippen LogP contribution < -0.4 is 9.47 Å². The summed E-state index contributed by atoms with van der Waals surface area (Å²) in [6, 6.07) is 11.8. The molecule has 0 saturated heterocycles. The second kappa shape index (κ2) is 8.68. The number of rotatable bonds is 7. The molecule has 0 spiro atoms. The predicted octanol–water partition coefficient (Wildman–Crippen LogP) is 4.66. The van der Waals surface area contributed by atoms with Crippen LogP contribution in [0, 0.1) is 6.92 Å². The van der Waals surface area contributed by atoms with Gasteiger partial charge in [0.1, 0.15) is 18.1 Å². The zero-order valence-electron chi connectivity index (χ0n) is 17.5. The number of hydrogen-bond acceptors (Lipinski definition) is 5. The summed E-state index contributed by atoms with van der Waals surface area (Å²) in [4.78, 5) is 24.1. The smallest absolute Gasteiger partial charge is 0.312 e. The first-order chi connectivity index (χ1) is 13.8. The SMILES string of the molecule is CCOC(=O)CCc1c(OCc2ccccc2)c(C)cc2c1C(C)(C)CC(=O)O2. The third kappa shape index (κ3) is 4.78. The van der Waals surface area contributed by atoms with Crippen molar-refractivity contribution in [1.29, 1.82) is 0 Å². The van der Waals surface area contributed by atoms with Gasteiger partial charge in [-0.3, -0.25) is 9.59 Å². The fraction of sp³-hybridized carbons (Fsp3) is 0.417. The lowest BCUT2D eigenvalue weighted by molar-refractivity contribution is -0.143. The van der Waals surface area contributed by atoms with Gasteiger partial charge >= 0.3 is 11.9 Å². The Morgan fingerprint density at radius 3 is 2.62 bits per heavy atom. The summed E-state index contributed by atoms with van der Waals surface area (Å²) in [7, 11) is 0. The minimum Gasteiger partial charge on any atom is -0.488 e. The molecule has 0 atom stereocenters. The Kier molecular flexibility index (Phi) is 6.26. The minimum atomic E-state index is -0.410. The van der Waals surface area contributed by atoms with E-state index in [9.17, 15) is 9.59 Å². The van der Waals surface area contributed by atoms with Gasteiger partial charge in [-0.25, -0.2) is 0 Å². The molecule has 1 aliphatic heterocycles. The molecule has 0 amide bonds. The van der Waals surface area contributed by atoms with E-state index in [4.69, 9.17) is 14.2 Å². The Morgan fingerprint density at radius 1 is 1.21 bits per heavy atom. The lowest BCUT2D eigenvalue weighted by Gasteiger charge is -2.34. The van der Waals surface area contributed by atoms with Gasteiger partial charge in [0.15, 0.2) is 0 Å². The molecule has 0 N–H and O–H groups in total. The van der Waals surface area contributed by atoms with E-state index in [-0.39, 0.29) is 24.8 Å². The number of ether oxygens (including phenoxy) is 3. The van der Waals surface area contributed by atoms with Crippen LogP contribution in [0.2, 0.25) is 0 Å². The maximum Gasteiger partial charge on any atom is 0.312 e. The molecule has 0 radical (unpaired) electrons. The molecule has 3 rings (SSSR count). The number of aryl methyl sites for hydroxylation is 1. The van der Waals surface area contributed by atoms with Crippen molar-refractivity contribution in [3.63, 3.8) is 0 Å². The van der Waals surface area contributed by atoms with E-state index in [0.717, 1.165) is 28.0 Å². The van der Waals surface area contributed by atoms with Crippen LogP contribution in [0.15, 0.2) is 36.4 Å². The second-order valence-electron chi connectivity index (χ2n) is 7.99. The zero-order chi connectivity index (χ0) is 21.0. The Bertz CT molecular complexity index is 899. The molecule has 0 unspecified atom stereocenters. The Hall–Kier alpha value is -2.82. The molecule has 0 fully saturated rings. The van der Waals surface area contributed by atoms with Crippen LogP contribution in [-0.4, -0.2) is 18.5 Å². The molecule has 0 saturated carbocycles. The fourth-order valence-corrected chi connectivity index (χ4v) is 3.89. The lowest BCUT2D eigenvalue weighted by Crippen LogP contribution is -2.32. The van der Waals surface area contributed by atoms with Crippen LogP contribution in [0.25, 0.3) is 0 Å². The highest BCUT2D eigenvalue weighted by Gasteiger charge is 2.37. The van der Waals surface area contributed by atoms with E-state index in [1.54, 1.807) is 6.92 Å². The summed E-state index contributed by atoms with van der Waals surface area (Å²) in [5.41, 5.74) is 3.39. The maximum absolute atomic E-state index is 12.1. The third-order valence-corrected chi connectivity index (χ3v) is 5.13. The van der Waals surface area contributed by atoms with Crippen LogP contribution in [0.1, 0.15) is 55.9 Å². The number of carbonyl (C=O) groups excluding carboxylic acids is 2. The second-order valence-corrected chi connectivity index (χ2v) is 7.99. The van der Waals surface area contributed by atoms with Crippen molar-refractivity contribution in [3.05, 3.63) is 58.7 Å². The van der Waals surface area contributed by atoms with Crippen LogP contribution in [0.5, 0.6) is 11.5 Å². The number of carbonyl (C=O) groups is 2. The van der Waals surface area contributed by atoms with Crippen LogP contribution in [0.4, 0.5) is 0 Å². The van der Waals surface area contributed by atoms with Gasteiger partial charge in [0.25, 0.3) is 0 Å². The van der Waals surface area contributed by atoms with Gasteiger partial charge in [0.2, 0.25) is 0 Å². The van der Waals surface area contributed by atoms with E-state index in [0.29, 0.717) is 25.4 Å². The molecule has 5 nitrogen and oxygen atoms in total. The van der Waals surface area contributed by atoms with Gasteiger partial charge in [-0.05, 0) is 37.5 Å². The fourth-order valence-electron chi connectivity index (χ4n) is 3.89.